The van der Waals surface area contributed by atoms with Gasteiger partial charge in [0.05, 0.1) is 0 Å². The summed E-state index contributed by atoms with van der Waals surface area (Å²) in [6, 6.07) is 17.1. The molecule has 0 amide bonds. The monoisotopic (exact) mass is 279 g/mol. The summed E-state index contributed by atoms with van der Waals surface area (Å²) in [5.41, 5.74) is 3.96. The Balaban J connectivity index is 1.64. The first kappa shape index (κ1) is 13.9. The number of rotatable bonds is 5. The van der Waals surface area contributed by atoms with Crippen molar-refractivity contribution < 1.29 is 4.74 Å². The fraction of sp³-hybridized carbons (Fsp3) is 0.263. The summed E-state index contributed by atoms with van der Waals surface area (Å²) in [5.74, 6) is 1.03. The van der Waals surface area contributed by atoms with Crippen LogP contribution in [0.4, 0.5) is 0 Å². The molecule has 0 radical (unpaired) electrons. The minimum Gasteiger partial charge on any atom is -0.489 e. The molecule has 0 heterocycles. The molecule has 1 unspecified atom stereocenters. The molecule has 0 aliphatic heterocycles. The van der Waals surface area contributed by atoms with Gasteiger partial charge in [-0.25, -0.2) is 0 Å². The Hall–Kier alpha value is -2.06. The summed E-state index contributed by atoms with van der Waals surface area (Å²) >= 11 is 0. The van der Waals surface area contributed by atoms with Crippen molar-refractivity contribution in [1.82, 2.24) is 5.32 Å². The molecule has 1 aliphatic rings. The van der Waals surface area contributed by atoms with Gasteiger partial charge in [-0.2, -0.15) is 0 Å². The van der Waals surface area contributed by atoms with E-state index in [0.29, 0.717) is 12.6 Å². The molecule has 0 spiro atoms. The van der Waals surface area contributed by atoms with Crippen LogP contribution in [0, 0.1) is 0 Å². The molecule has 0 saturated heterocycles. The van der Waals surface area contributed by atoms with E-state index in [1.54, 1.807) is 0 Å². The molecule has 2 nitrogen and oxygen atoms in total. The van der Waals surface area contributed by atoms with E-state index in [1.807, 2.05) is 25.2 Å². The van der Waals surface area contributed by atoms with E-state index in [-0.39, 0.29) is 0 Å². The predicted octanol–water partition coefficient (Wildman–Crippen LogP) is 3.99. The van der Waals surface area contributed by atoms with Gasteiger partial charge in [-0.05, 0) is 48.7 Å². The van der Waals surface area contributed by atoms with Gasteiger partial charge in [-0.1, -0.05) is 48.5 Å². The molecule has 2 aromatic carbocycles. The number of benzene rings is 2. The van der Waals surface area contributed by atoms with E-state index < -0.39 is 0 Å². The average molecular weight is 279 g/mol. The SMILES string of the molecule is CNC1CCc2c(OCC=Cc3ccccc3)cccc21. The lowest BCUT2D eigenvalue weighted by Gasteiger charge is -2.12. The molecule has 1 aliphatic carbocycles. The van der Waals surface area contributed by atoms with Gasteiger partial charge < -0.3 is 10.1 Å². The summed E-state index contributed by atoms with van der Waals surface area (Å²) in [6.07, 6.45) is 6.42. The van der Waals surface area contributed by atoms with Crippen LogP contribution >= 0.6 is 0 Å². The van der Waals surface area contributed by atoms with Crippen LogP contribution in [0.3, 0.4) is 0 Å². The lowest BCUT2D eigenvalue weighted by molar-refractivity contribution is 0.360. The third-order valence-corrected chi connectivity index (χ3v) is 4.02. The van der Waals surface area contributed by atoms with Gasteiger partial charge >= 0.3 is 0 Å². The van der Waals surface area contributed by atoms with Crippen molar-refractivity contribution in [3.05, 3.63) is 71.3 Å². The maximum Gasteiger partial charge on any atom is 0.123 e. The molecule has 3 rings (SSSR count). The van der Waals surface area contributed by atoms with E-state index >= 15 is 0 Å². The zero-order valence-corrected chi connectivity index (χ0v) is 12.4. The molecule has 108 valence electrons. The minimum absolute atomic E-state index is 0.475. The lowest BCUT2D eigenvalue weighted by Crippen LogP contribution is -2.12. The standard InChI is InChI=1S/C19H21NO/c1-20-18-13-12-17-16(18)10-5-11-19(17)21-14-6-9-15-7-3-2-4-8-15/h2-11,18,20H,12-14H2,1H3. The Labute approximate surface area is 126 Å². The fourth-order valence-corrected chi connectivity index (χ4v) is 2.94. The maximum atomic E-state index is 5.95. The summed E-state index contributed by atoms with van der Waals surface area (Å²) in [7, 11) is 2.02. The minimum atomic E-state index is 0.475. The van der Waals surface area contributed by atoms with E-state index in [1.165, 1.54) is 16.7 Å². The third-order valence-electron chi connectivity index (χ3n) is 4.02. The summed E-state index contributed by atoms with van der Waals surface area (Å²) in [5, 5.41) is 3.37. The van der Waals surface area contributed by atoms with Gasteiger partial charge in [0.2, 0.25) is 0 Å². The van der Waals surface area contributed by atoms with Crippen LogP contribution in [-0.2, 0) is 6.42 Å². The highest BCUT2D eigenvalue weighted by Gasteiger charge is 2.23. The van der Waals surface area contributed by atoms with Gasteiger partial charge in [-0.15, -0.1) is 0 Å². The Morgan fingerprint density at radius 3 is 2.81 bits per heavy atom. The Bertz CT molecular complexity index is 619. The molecule has 0 fully saturated rings. The molecule has 0 aromatic heterocycles. The number of hydrogen-bond donors (Lipinski definition) is 1. The van der Waals surface area contributed by atoms with Crippen LogP contribution in [0.2, 0.25) is 0 Å². The molecule has 1 N–H and O–H groups in total. The van der Waals surface area contributed by atoms with E-state index in [0.717, 1.165) is 18.6 Å². The molecule has 2 heteroatoms. The van der Waals surface area contributed by atoms with Crippen LogP contribution in [0.15, 0.2) is 54.6 Å². The fourth-order valence-electron chi connectivity index (χ4n) is 2.94. The zero-order valence-electron chi connectivity index (χ0n) is 12.4. The van der Waals surface area contributed by atoms with Crippen molar-refractivity contribution >= 4 is 6.08 Å². The van der Waals surface area contributed by atoms with E-state index in [4.69, 9.17) is 4.74 Å². The first-order chi connectivity index (χ1) is 10.4. The zero-order chi connectivity index (χ0) is 14.5. The number of hydrogen-bond acceptors (Lipinski definition) is 2. The lowest BCUT2D eigenvalue weighted by atomic mass is 10.1. The number of ether oxygens (including phenoxy) is 1. The van der Waals surface area contributed by atoms with Gasteiger partial charge in [0.15, 0.2) is 0 Å². The van der Waals surface area contributed by atoms with Crippen LogP contribution in [0.5, 0.6) is 5.75 Å². The van der Waals surface area contributed by atoms with E-state index in [2.05, 4.69) is 47.8 Å². The topological polar surface area (TPSA) is 21.3 Å². The van der Waals surface area contributed by atoms with Gasteiger partial charge in [0.25, 0.3) is 0 Å². The van der Waals surface area contributed by atoms with Gasteiger partial charge in [0, 0.05) is 6.04 Å². The van der Waals surface area contributed by atoms with Crippen molar-refractivity contribution in [2.75, 3.05) is 13.7 Å². The highest BCUT2D eigenvalue weighted by molar-refractivity contribution is 5.49. The largest absolute Gasteiger partial charge is 0.489 e. The van der Waals surface area contributed by atoms with Gasteiger partial charge in [-0.3, -0.25) is 0 Å². The van der Waals surface area contributed by atoms with Crippen LogP contribution in [0.25, 0.3) is 6.08 Å². The first-order valence-corrected chi connectivity index (χ1v) is 7.52. The Morgan fingerprint density at radius 2 is 2.00 bits per heavy atom. The third kappa shape index (κ3) is 3.17. The maximum absolute atomic E-state index is 5.95. The summed E-state index contributed by atoms with van der Waals surface area (Å²) < 4.78 is 5.95. The molecule has 0 bridgehead atoms. The van der Waals surface area contributed by atoms with Crippen molar-refractivity contribution in [3.63, 3.8) is 0 Å². The van der Waals surface area contributed by atoms with Crippen molar-refractivity contribution in [1.29, 1.82) is 0 Å². The second-order valence-electron chi connectivity index (χ2n) is 5.33. The summed E-state index contributed by atoms with van der Waals surface area (Å²) in [6.45, 7) is 0.607. The molecule has 1 atom stereocenters. The van der Waals surface area contributed by atoms with Crippen LogP contribution in [-0.4, -0.2) is 13.7 Å². The second-order valence-corrected chi connectivity index (χ2v) is 5.33. The highest BCUT2D eigenvalue weighted by Crippen LogP contribution is 2.36. The molecular weight excluding hydrogens is 258 g/mol. The van der Waals surface area contributed by atoms with Gasteiger partial charge in [0.1, 0.15) is 12.4 Å². The number of fused-ring (bicyclic) bond motifs is 1. The smallest absolute Gasteiger partial charge is 0.123 e. The second kappa shape index (κ2) is 6.59. The van der Waals surface area contributed by atoms with Crippen molar-refractivity contribution in [2.45, 2.75) is 18.9 Å². The van der Waals surface area contributed by atoms with Crippen molar-refractivity contribution in [3.8, 4) is 5.75 Å². The average Bonchev–Trinajstić information content (AvgIpc) is 2.96. The molecular formula is C19H21NO. The van der Waals surface area contributed by atoms with Crippen LogP contribution < -0.4 is 10.1 Å². The Kier molecular flexibility index (Phi) is 4.37. The highest BCUT2D eigenvalue weighted by atomic mass is 16.5. The first-order valence-electron chi connectivity index (χ1n) is 7.52. The number of nitrogens with one attached hydrogen (secondary N) is 1. The normalized spacial score (nSPS) is 17.1. The predicted molar refractivity (Wildman–Crippen MR) is 87.5 cm³/mol. The Morgan fingerprint density at radius 1 is 1.14 bits per heavy atom. The van der Waals surface area contributed by atoms with E-state index in [9.17, 15) is 0 Å². The quantitative estimate of drug-likeness (QED) is 0.893. The van der Waals surface area contributed by atoms with Crippen molar-refractivity contribution in [2.24, 2.45) is 0 Å². The molecule has 2 aromatic rings. The van der Waals surface area contributed by atoms with Crippen LogP contribution in [0.1, 0.15) is 29.2 Å². The molecule has 21 heavy (non-hydrogen) atoms. The summed E-state index contributed by atoms with van der Waals surface area (Å²) in [4.78, 5) is 0. The molecule has 0 saturated carbocycles.